The molecule has 2 heteroatoms. The molecule has 0 radical (unpaired) electrons. The van der Waals surface area contributed by atoms with Crippen molar-refractivity contribution in [3.8, 4) is 0 Å². The van der Waals surface area contributed by atoms with Crippen LogP contribution in [0.25, 0.3) is 0 Å². The van der Waals surface area contributed by atoms with Gasteiger partial charge in [0.25, 0.3) is 0 Å². The van der Waals surface area contributed by atoms with Crippen molar-refractivity contribution in [3.05, 3.63) is 11.8 Å². The first-order valence-corrected chi connectivity index (χ1v) is 10.0. The van der Waals surface area contributed by atoms with E-state index in [1.165, 1.54) is 50.1 Å². The van der Waals surface area contributed by atoms with E-state index < -0.39 is 8.07 Å². The molecule has 0 unspecified atom stereocenters. The molecule has 0 N–H and O–H groups in total. The molecule has 0 aliphatic rings. The van der Waals surface area contributed by atoms with E-state index in [2.05, 4.69) is 45.3 Å². The van der Waals surface area contributed by atoms with Gasteiger partial charge in [0, 0.05) is 0 Å². The highest BCUT2D eigenvalue weighted by molar-refractivity contribution is 6.84. The maximum atomic E-state index is 4.15. The van der Waals surface area contributed by atoms with Crippen LogP contribution in [0.3, 0.4) is 0 Å². The van der Waals surface area contributed by atoms with E-state index in [4.69, 9.17) is 0 Å². The predicted molar refractivity (Wildman–Crippen MR) is 78.7 cm³/mol. The Morgan fingerprint density at radius 3 is 1.94 bits per heavy atom. The SMILES string of the molecule is C=C(C)[Si](C)(C)CCCN(CCC)CCC. The number of allylic oxidation sites excluding steroid dienone is 1. The Hall–Kier alpha value is -0.0831. The minimum absolute atomic E-state index is 1.11. The van der Waals surface area contributed by atoms with Gasteiger partial charge in [0.05, 0.1) is 8.07 Å². The van der Waals surface area contributed by atoms with Crippen LogP contribution in [0.2, 0.25) is 19.1 Å². The van der Waals surface area contributed by atoms with Gasteiger partial charge in [-0.25, -0.2) is 0 Å². The highest BCUT2D eigenvalue weighted by atomic mass is 28.3. The van der Waals surface area contributed by atoms with Gasteiger partial charge >= 0.3 is 0 Å². The summed E-state index contributed by atoms with van der Waals surface area (Å²) >= 11 is 0. The van der Waals surface area contributed by atoms with Crippen LogP contribution in [0.5, 0.6) is 0 Å². The average Bonchev–Trinajstić information content (AvgIpc) is 2.17. The van der Waals surface area contributed by atoms with Crippen LogP contribution < -0.4 is 0 Å². The summed E-state index contributed by atoms with van der Waals surface area (Å²) in [5, 5.41) is 1.45. The fraction of sp³-hybridized carbons (Fsp3) is 0.857. The van der Waals surface area contributed by atoms with Crippen molar-refractivity contribution >= 4 is 8.07 Å². The predicted octanol–water partition coefficient (Wildman–Crippen LogP) is 4.32. The molecule has 0 fully saturated rings. The molecule has 0 bridgehead atoms. The normalized spacial score (nSPS) is 12.1. The average molecular weight is 241 g/mol. The van der Waals surface area contributed by atoms with E-state index >= 15 is 0 Å². The molecule has 0 aliphatic heterocycles. The Morgan fingerprint density at radius 1 is 1.06 bits per heavy atom. The summed E-state index contributed by atoms with van der Waals surface area (Å²) < 4.78 is 0. The van der Waals surface area contributed by atoms with Crippen LogP contribution in [-0.4, -0.2) is 32.6 Å². The van der Waals surface area contributed by atoms with Gasteiger partial charge < -0.3 is 4.90 Å². The Labute approximate surface area is 104 Å². The van der Waals surface area contributed by atoms with Crippen LogP contribution >= 0.6 is 0 Å². The summed E-state index contributed by atoms with van der Waals surface area (Å²) in [6, 6.07) is 1.40. The molecule has 0 saturated carbocycles. The molecule has 96 valence electrons. The van der Waals surface area contributed by atoms with Gasteiger partial charge in [0.2, 0.25) is 0 Å². The summed E-state index contributed by atoms with van der Waals surface area (Å²) in [4.78, 5) is 2.61. The molecular weight excluding hydrogens is 210 g/mol. The second kappa shape index (κ2) is 8.07. The van der Waals surface area contributed by atoms with Gasteiger partial charge in [0.1, 0.15) is 0 Å². The Morgan fingerprint density at radius 2 is 1.56 bits per heavy atom. The third-order valence-corrected chi connectivity index (χ3v) is 7.43. The lowest BCUT2D eigenvalue weighted by Gasteiger charge is -2.26. The maximum absolute atomic E-state index is 4.15. The van der Waals surface area contributed by atoms with Crippen molar-refractivity contribution in [2.24, 2.45) is 0 Å². The van der Waals surface area contributed by atoms with Crippen LogP contribution in [-0.2, 0) is 0 Å². The second-order valence-corrected chi connectivity index (χ2v) is 10.7. The summed E-state index contributed by atoms with van der Waals surface area (Å²) in [6.07, 6.45) is 3.91. The van der Waals surface area contributed by atoms with E-state index in [1.54, 1.807) is 0 Å². The molecular formula is C14H31NSi. The molecule has 0 saturated heterocycles. The molecule has 1 nitrogen and oxygen atoms in total. The van der Waals surface area contributed by atoms with Crippen LogP contribution in [0, 0.1) is 0 Å². The quantitative estimate of drug-likeness (QED) is 0.543. The highest BCUT2D eigenvalue weighted by Gasteiger charge is 2.20. The van der Waals surface area contributed by atoms with Gasteiger partial charge in [-0.3, -0.25) is 0 Å². The summed E-state index contributed by atoms with van der Waals surface area (Å²) in [5.74, 6) is 0. The van der Waals surface area contributed by atoms with Crippen molar-refractivity contribution < 1.29 is 0 Å². The number of hydrogen-bond acceptors (Lipinski definition) is 1. The second-order valence-electron chi connectivity index (χ2n) is 5.61. The standard InChI is InChI=1S/C14H31NSi/c1-7-10-15(11-8-2)12-9-13-16(5,6)14(3)4/h3,7-13H2,1-2,4-6H3. The Kier molecular flexibility index (Phi) is 8.03. The van der Waals surface area contributed by atoms with Crippen molar-refractivity contribution in [3.63, 3.8) is 0 Å². The molecule has 0 aromatic carbocycles. The van der Waals surface area contributed by atoms with Gasteiger partial charge in [-0.2, -0.15) is 0 Å². The van der Waals surface area contributed by atoms with E-state index in [1.807, 2.05) is 0 Å². The fourth-order valence-electron chi connectivity index (χ4n) is 1.93. The lowest BCUT2D eigenvalue weighted by atomic mass is 10.3. The molecule has 16 heavy (non-hydrogen) atoms. The fourth-order valence-corrected chi connectivity index (χ4v) is 3.39. The van der Waals surface area contributed by atoms with Crippen LogP contribution in [0.15, 0.2) is 11.8 Å². The van der Waals surface area contributed by atoms with Crippen molar-refractivity contribution in [2.45, 2.75) is 59.2 Å². The number of nitrogens with zero attached hydrogens (tertiary/aromatic N) is 1. The monoisotopic (exact) mass is 241 g/mol. The molecule has 0 atom stereocenters. The molecule has 0 aromatic heterocycles. The molecule has 0 aliphatic carbocycles. The molecule has 0 rings (SSSR count). The molecule has 0 amide bonds. The first kappa shape index (κ1) is 15.9. The first-order valence-electron chi connectivity index (χ1n) is 6.82. The lowest BCUT2D eigenvalue weighted by Crippen LogP contribution is -2.31. The van der Waals surface area contributed by atoms with Crippen molar-refractivity contribution in [1.82, 2.24) is 4.90 Å². The van der Waals surface area contributed by atoms with Crippen LogP contribution in [0.4, 0.5) is 0 Å². The minimum Gasteiger partial charge on any atom is -0.303 e. The zero-order valence-electron chi connectivity index (χ0n) is 12.1. The maximum Gasteiger partial charge on any atom is 0.0743 e. The van der Waals surface area contributed by atoms with Gasteiger partial charge in [-0.05, 0) is 45.8 Å². The molecule has 0 aromatic rings. The smallest absolute Gasteiger partial charge is 0.0743 e. The third kappa shape index (κ3) is 6.49. The summed E-state index contributed by atoms with van der Waals surface area (Å²) in [5.41, 5.74) is 0. The number of rotatable bonds is 9. The third-order valence-electron chi connectivity index (χ3n) is 3.51. The van der Waals surface area contributed by atoms with Gasteiger partial charge in [-0.1, -0.05) is 38.2 Å². The zero-order valence-corrected chi connectivity index (χ0v) is 13.1. The molecule has 0 heterocycles. The van der Waals surface area contributed by atoms with E-state index in [-0.39, 0.29) is 0 Å². The van der Waals surface area contributed by atoms with Gasteiger partial charge in [0.15, 0.2) is 0 Å². The van der Waals surface area contributed by atoms with E-state index in [9.17, 15) is 0 Å². The first-order chi connectivity index (χ1) is 7.44. The summed E-state index contributed by atoms with van der Waals surface area (Å²) in [6.45, 7) is 19.6. The van der Waals surface area contributed by atoms with Crippen molar-refractivity contribution in [2.75, 3.05) is 19.6 Å². The lowest BCUT2D eigenvalue weighted by molar-refractivity contribution is 0.275. The topological polar surface area (TPSA) is 3.24 Å². The van der Waals surface area contributed by atoms with Crippen molar-refractivity contribution in [1.29, 1.82) is 0 Å². The highest BCUT2D eigenvalue weighted by Crippen LogP contribution is 2.19. The zero-order chi connectivity index (χ0) is 12.6. The van der Waals surface area contributed by atoms with E-state index in [0.717, 1.165) is 0 Å². The van der Waals surface area contributed by atoms with E-state index in [0.29, 0.717) is 0 Å². The minimum atomic E-state index is -1.11. The number of hydrogen-bond donors (Lipinski definition) is 0. The summed E-state index contributed by atoms with van der Waals surface area (Å²) in [7, 11) is -1.11. The largest absolute Gasteiger partial charge is 0.303 e. The Balaban J connectivity index is 3.88. The molecule has 0 spiro atoms. The van der Waals surface area contributed by atoms with Gasteiger partial charge in [-0.15, -0.1) is 6.58 Å². The van der Waals surface area contributed by atoms with Crippen LogP contribution in [0.1, 0.15) is 40.0 Å². The Bertz CT molecular complexity index is 193.